The van der Waals surface area contributed by atoms with Gasteiger partial charge in [0.05, 0.1) is 0 Å². The largest absolute Gasteiger partial charge is 0.473 e. The number of likely N-dealkylation sites (tertiary alicyclic amines) is 1. The molecule has 0 aromatic heterocycles. The molecule has 0 bridgehead atoms. The number of carbonyl (C=O) groups excluding carboxylic acids is 1. The van der Waals surface area contributed by atoms with Gasteiger partial charge in [-0.3, -0.25) is 4.79 Å². The van der Waals surface area contributed by atoms with Gasteiger partial charge in [0.1, 0.15) is 0 Å². The van der Waals surface area contributed by atoms with Crippen molar-refractivity contribution in [2.24, 2.45) is 0 Å². The van der Waals surface area contributed by atoms with Gasteiger partial charge in [0.2, 0.25) is 5.91 Å². The Morgan fingerprint density at radius 2 is 1.92 bits per heavy atom. The van der Waals surface area contributed by atoms with Gasteiger partial charge in [0, 0.05) is 25.3 Å². The molecule has 5 heteroatoms. The highest BCUT2D eigenvalue weighted by molar-refractivity contribution is 8.13. The molecule has 1 saturated heterocycles. The Morgan fingerprint density at radius 1 is 1.38 bits per heavy atom. The molecule has 74 valence electrons. The van der Waals surface area contributed by atoms with Crippen molar-refractivity contribution in [3.63, 3.8) is 0 Å². The lowest BCUT2D eigenvalue weighted by atomic mass is 10.1. The predicted octanol–water partition coefficient (Wildman–Crippen LogP) is 1.41. The first-order valence-corrected chi connectivity index (χ1v) is 5.12. The Balaban J connectivity index is 2.30. The minimum absolute atomic E-state index is 0.0822. The van der Waals surface area contributed by atoms with Crippen molar-refractivity contribution < 1.29 is 14.7 Å². The molecular formula is C8H13NO3S. The van der Waals surface area contributed by atoms with Crippen molar-refractivity contribution in [2.45, 2.75) is 25.0 Å². The molecule has 0 aromatic rings. The fourth-order valence-corrected chi connectivity index (χ4v) is 2.16. The number of nitrogens with zero attached hydrogens (tertiary/aromatic N) is 1. The third kappa shape index (κ3) is 3.26. The van der Waals surface area contributed by atoms with Crippen LogP contribution in [0.15, 0.2) is 0 Å². The van der Waals surface area contributed by atoms with E-state index in [0.717, 1.165) is 24.6 Å². The molecule has 1 aliphatic heterocycles. The van der Waals surface area contributed by atoms with Crippen LogP contribution < -0.4 is 0 Å². The van der Waals surface area contributed by atoms with Crippen LogP contribution in [0.1, 0.15) is 19.8 Å². The number of hydrogen-bond acceptors (Lipinski definition) is 3. The standard InChI is InChI=1S/C8H13NO3S/c1-6(10)9-4-2-7(3-5-9)13-8(11)12/h7H,2-5H2,1H3,(H,11,12). The first-order chi connectivity index (χ1) is 6.09. The van der Waals surface area contributed by atoms with E-state index in [-0.39, 0.29) is 11.2 Å². The smallest absolute Gasteiger partial charge is 0.365 e. The molecule has 1 heterocycles. The fraction of sp³-hybridized carbons (Fsp3) is 0.750. The zero-order chi connectivity index (χ0) is 9.84. The number of carbonyl (C=O) groups is 2. The van der Waals surface area contributed by atoms with Gasteiger partial charge in [-0.1, -0.05) is 0 Å². The lowest BCUT2D eigenvalue weighted by Gasteiger charge is -2.29. The first-order valence-electron chi connectivity index (χ1n) is 4.24. The van der Waals surface area contributed by atoms with Crippen LogP contribution in [0.5, 0.6) is 0 Å². The van der Waals surface area contributed by atoms with E-state index in [1.165, 1.54) is 0 Å². The third-order valence-electron chi connectivity index (χ3n) is 2.15. The summed E-state index contributed by atoms with van der Waals surface area (Å²) in [7, 11) is 0. The second-order valence-electron chi connectivity index (χ2n) is 3.09. The number of piperidine rings is 1. The first kappa shape index (κ1) is 10.4. The number of carboxylic acid groups (broad SMARTS) is 1. The summed E-state index contributed by atoms with van der Waals surface area (Å²) in [5.41, 5.74) is 0. The van der Waals surface area contributed by atoms with Crippen molar-refractivity contribution in [3.8, 4) is 0 Å². The highest BCUT2D eigenvalue weighted by atomic mass is 32.2. The number of rotatable bonds is 1. The van der Waals surface area contributed by atoms with E-state index in [2.05, 4.69) is 0 Å². The zero-order valence-corrected chi connectivity index (χ0v) is 8.34. The van der Waals surface area contributed by atoms with Gasteiger partial charge in [-0.25, -0.2) is 4.79 Å². The van der Waals surface area contributed by atoms with Crippen molar-refractivity contribution in [1.82, 2.24) is 4.90 Å². The Morgan fingerprint density at radius 3 is 2.31 bits per heavy atom. The second-order valence-corrected chi connectivity index (χ2v) is 4.34. The van der Waals surface area contributed by atoms with E-state index in [1.807, 2.05) is 0 Å². The molecule has 0 unspecified atom stereocenters. The molecule has 0 spiro atoms. The molecule has 0 aliphatic carbocycles. The predicted molar refractivity (Wildman–Crippen MR) is 50.9 cm³/mol. The van der Waals surface area contributed by atoms with Crippen LogP contribution in [-0.2, 0) is 4.79 Å². The van der Waals surface area contributed by atoms with E-state index in [0.29, 0.717) is 13.1 Å². The fourth-order valence-electron chi connectivity index (χ4n) is 1.43. The van der Waals surface area contributed by atoms with E-state index in [4.69, 9.17) is 5.11 Å². The van der Waals surface area contributed by atoms with Crippen LogP contribution in [0, 0.1) is 0 Å². The second kappa shape index (κ2) is 4.50. The van der Waals surface area contributed by atoms with Crippen LogP contribution in [-0.4, -0.2) is 39.6 Å². The highest BCUT2D eigenvalue weighted by Gasteiger charge is 2.22. The van der Waals surface area contributed by atoms with Crippen LogP contribution in [0.25, 0.3) is 0 Å². The molecule has 4 nitrogen and oxygen atoms in total. The van der Waals surface area contributed by atoms with Crippen LogP contribution in [0.3, 0.4) is 0 Å². The summed E-state index contributed by atoms with van der Waals surface area (Å²) >= 11 is 0.968. The quantitative estimate of drug-likeness (QED) is 0.700. The molecule has 0 aromatic carbocycles. The normalized spacial score (nSPS) is 18.7. The van der Waals surface area contributed by atoms with Gasteiger partial charge in [-0.2, -0.15) is 0 Å². The monoisotopic (exact) mass is 203 g/mol. The SMILES string of the molecule is CC(=O)N1CCC(SC(=O)O)CC1. The van der Waals surface area contributed by atoms with Crippen molar-refractivity contribution in [1.29, 1.82) is 0 Å². The van der Waals surface area contributed by atoms with Gasteiger partial charge < -0.3 is 10.0 Å². The minimum Gasteiger partial charge on any atom is -0.473 e. The Kier molecular flexibility index (Phi) is 3.59. The minimum atomic E-state index is -0.818. The van der Waals surface area contributed by atoms with Gasteiger partial charge in [-0.15, -0.1) is 0 Å². The molecule has 1 amide bonds. The van der Waals surface area contributed by atoms with Crippen molar-refractivity contribution in [3.05, 3.63) is 0 Å². The number of amides is 1. The summed E-state index contributed by atoms with van der Waals surface area (Å²) in [5.74, 6) is 0.0822. The van der Waals surface area contributed by atoms with Crippen LogP contribution >= 0.6 is 11.8 Å². The van der Waals surface area contributed by atoms with E-state index in [1.54, 1.807) is 11.8 Å². The summed E-state index contributed by atoms with van der Waals surface area (Å²) < 4.78 is 0. The van der Waals surface area contributed by atoms with E-state index in [9.17, 15) is 9.59 Å². The Labute approximate surface area is 81.3 Å². The topological polar surface area (TPSA) is 57.6 Å². The highest BCUT2D eigenvalue weighted by Crippen LogP contribution is 2.23. The lowest BCUT2D eigenvalue weighted by molar-refractivity contribution is -0.129. The van der Waals surface area contributed by atoms with E-state index >= 15 is 0 Å². The summed E-state index contributed by atoms with van der Waals surface area (Å²) in [6.45, 7) is 2.94. The van der Waals surface area contributed by atoms with Gasteiger partial charge in [0.25, 0.3) is 0 Å². The maximum atomic E-state index is 10.9. The molecular weight excluding hydrogens is 190 g/mol. The number of hydrogen-bond donors (Lipinski definition) is 1. The molecule has 1 N–H and O–H groups in total. The van der Waals surface area contributed by atoms with Gasteiger partial charge in [-0.05, 0) is 24.6 Å². The van der Waals surface area contributed by atoms with Gasteiger partial charge in [0.15, 0.2) is 0 Å². The molecule has 1 fully saturated rings. The third-order valence-corrected chi connectivity index (χ3v) is 3.16. The average Bonchev–Trinajstić information content (AvgIpc) is 2.04. The molecule has 13 heavy (non-hydrogen) atoms. The maximum Gasteiger partial charge on any atom is 0.365 e. The average molecular weight is 203 g/mol. The Hall–Kier alpha value is -0.710. The summed E-state index contributed by atoms with van der Waals surface area (Å²) in [4.78, 5) is 23.1. The summed E-state index contributed by atoms with van der Waals surface area (Å²) in [5, 5.41) is 7.88. The Bertz CT molecular complexity index is 211. The molecule has 0 atom stereocenters. The maximum absolute atomic E-state index is 10.9. The van der Waals surface area contributed by atoms with Gasteiger partial charge >= 0.3 is 5.30 Å². The van der Waals surface area contributed by atoms with Crippen LogP contribution in [0.4, 0.5) is 4.79 Å². The summed E-state index contributed by atoms with van der Waals surface area (Å²) in [6, 6.07) is 0. The molecule has 0 saturated carbocycles. The lowest BCUT2D eigenvalue weighted by Crippen LogP contribution is -2.38. The van der Waals surface area contributed by atoms with Crippen molar-refractivity contribution in [2.75, 3.05) is 13.1 Å². The molecule has 0 radical (unpaired) electrons. The van der Waals surface area contributed by atoms with Crippen LogP contribution in [0.2, 0.25) is 0 Å². The molecule has 1 aliphatic rings. The van der Waals surface area contributed by atoms with E-state index < -0.39 is 5.30 Å². The number of thioether (sulfide) groups is 1. The zero-order valence-electron chi connectivity index (χ0n) is 7.52. The van der Waals surface area contributed by atoms with Crippen molar-refractivity contribution >= 4 is 23.0 Å². The molecule has 1 rings (SSSR count). The summed E-state index contributed by atoms with van der Waals surface area (Å²) in [6.07, 6.45) is 1.58.